The van der Waals surface area contributed by atoms with Gasteiger partial charge in [0.1, 0.15) is 6.10 Å². The normalized spacial score (nSPS) is 42.9. The van der Waals surface area contributed by atoms with Gasteiger partial charge in [-0.15, -0.1) is 0 Å². The largest absolute Gasteiger partial charge is 0.481 e. The molecule has 5 nitrogen and oxygen atoms in total. The molecule has 0 radical (unpaired) electrons. The number of rotatable bonds is 7. The molecule has 0 amide bonds. The fourth-order valence-corrected chi connectivity index (χ4v) is 10.3. The van der Waals surface area contributed by atoms with Crippen molar-refractivity contribution in [3.63, 3.8) is 0 Å². The summed E-state index contributed by atoms with van der Waals surface area (Å²) in [6, 6.07) is 10.3. The summed E-state index contributed by atoms with van der Waals surface area (Å²) in [5, 5.41) is 21.0. The summed E-state index contributed by atoms with van der Waals surface area (Å²) in [6.45, 7) is 8.74. The zero-order valence-electron chi connectivity index (χ0n) is 23.8. The first-order valence-electron chi connectivity index (χ1n) is 15.1. The van der Waals surface area contributed by atoms with E-state index in [1.807, 2.05) is 18.2 Å². The number of hydrogen-bond donors (Lipinski definition) is 2. The van der Waals surface area contributed by atoms with Gasteiger partial charge in [0.25, 0.3) is 0 Å². The number of carboxylic acids is 1. The third-order valence-corrected chi connectivity index (χ3v) is 12.1. The molecule has 0 spiro atoms. The maximum absolute atomic E-state index is 12.4. The lowest BCUT2D eigenvalue weighted by Crippen LogP contribution is -2.61. The van der Waals surface area contributed by atoms with Gasteiger partial charge in [0.15, 0.2) is 0 Å². The van der Waals surface area contributed by atoms with Crippen molar-refractivity contribution >= 4 is 11.9 Å². The van der Waals surface area contributed by atoms with Gasteiger partial charge in [0, 0.05) is 25.7 Å². The smallest absolute Gasteiger partial charge is 0.303 e. The number of carbonyl (C=O) groups is 2. The van der Waals surface area contributed by atoms with Gasteiger partial charge in [-0.3, -0.25) is 9.59 Å². The van der Waals surface area contributed by atoms with Crippen molar-refractivity contribution < 1.29 is 24.5 Å². The van der Waals surface area contributed by atoms with E-state index in [0.29, 0.717) is 41.9 Å². The van der Waals surface area contributed by atoms with Crippen molar-refractivity contribution in [2.45, 2.75) is 110 Å². The molecule has 0 unspecified atom stereocenters. The van der Waals surface area contributed by atoms with E-state index in [1.165, 1.54) is 12.0 Å². The average molecular weight is 525 g/mol. The summed E-state index contributed by atoms with van der Waals surface area (Å²) in [4.78, 5) is 23.6. The van der Waals surface area contributed by atoms with Gasteiger partial charge in [-0.1, -0.05) is 51.1 Å². The third kappa shape index (κ3) is 4.93. The predicted molar refractivity (Wildman–Crippen MR) is 147 cm³/mol. The number of esters is 1. The van der Waals surface area contributed by atoms with Crippen LogP contribution in [0.1, 0.15) is 97.5 Å². The molecular formula is C33H48O5. The molecular weight excluding hydrogens is 476 g/mol. The van der Waals surface area contributed by atoms with Gasteiger partial charge in [-0.25, -0.2) is 0 Å². The Morgan fingerprint density at radius 3 is 2.42 bits per heavy atom. The quantitative estimate of drug-likeness (QED) is 0.390. The number of ether oxygens (including phenoxy) is 1. The molecule has 4 saturated carbocycles. The topological polar surface area (TPSA) is 83.8 Å². The second-order valence-corrected chi connectivity index (χ2v) is 14.1. The summed E-state index contributed by atoms with van der Waals surface area (Å²) in [7, 11) is 0. The van der Waals surface area contributed by atoms with Crippen molar-refractivity contribution in [3.05, 3.63) is 35.9 Å². The number of fused-ring (bicyclic) bond motifs is 5. The molecule has 1 aromatic rings. The molecule has 1 aromatic carbocycles. The monoisotopic (exact) mass is 524 g/mol. The van der Waals surface area contributed by atoms with Crippen LogP contribution in [0.4, 0.5) is 0 Å². The summed E-state index contributed by atoms with van der Waals surface area (Å²) in [6.07, 6.45) is 9.66. The lowest BCUT2D eigenvalue weighted by molar-refractivity contribution is -0.202. The van der Waals surface area contributed by atoms with Crippen LogP contribution in [0.5, 0.6) is 0 Å². The number of hydrogen-bond acceptors (Lipinski definition) is 4. The molecule has 4 aliphatic carbocycles. The molecule has 5 heteroatoms. The van der Waals surface area contributed by atoms with E-state index < -0.39 is 11.6 Å². The van der Waals surface area contributed by atoms with E-state index in [0.717, 1.165) is 51.4 Å². The fourth-order valence-electron chi connectivity index (χ4n) is 10.3. The first kappa shape index (κ1) is 27.7. The van der Waals surface area contributed by atoms with Crippen LogP contribution in [0.15, 0.2) is 30.3 Å². The summed E-state index contributed by atoms with van der Waals surface area (Å²) < 4.78 is 6.17. The Bertz CT molecular complexity index is 1020. The summed E-state index contributed by atoms with van der Waals surface area (Å²) >= 11 is 0. The Morgan fingerprint density at radius 2 is 1.74 bits per heavy atom. The SMILES string of the molecule is CC(=O)O[C@@H]1C[C@@H]2C[C@@](O)(Cc3ccccc3)CC[C@]2(C)[C@H]2CC[C@]3(C)[C@@H]([C@H](C)CCC(=O)O)CC[C@H]3[C@H]12. The number of carbonyl (C=O) groups excluding carboxylic acids is 1. The van der Waals surface area contributed by atoms with Crippen molar-refractivity contribution in [2.75, 3.05) is 0 Å². The number of carboxylic acid groups (broad SMARTS) is 1. The Kier molecular flexibility index (Phi) is 7.47. The fraction of sp³-hybridized carbons (Fsp3) is 0.758. The molecule has 0 heterocycles. The molecule has 0 saturated heterocycles. The number of aliphatic hydroxyl groups is 1. The van der Waals surface area contributed by atoms with E-state index in [4.69, 9.17) is 4.74 Å². The second-order valence-electron chi connectivity index (χ2n) is 14.1. The predicted octanol–water partition coefficient (Wildman–Crippen LogP) is 6.66. The maximum Gasteiger partial charge on any atom is 0.303 e. The molecule has 38 heavy (non-hydrogen) atoms. The number of aliphatic carboxylic acids is 1. The highest BCUT2D eigenvalue weighted by atomic mass is 16.5. The third-order valence-electron chi connectivity index (χ3n) is 12.1. The average Bonchev–Trinajstić information content (AvgIpc) is 3.21. The van der Waals surface area contributed by atoms with E-state index in [9.17, 15) is 19.8 Å². The van der Waals surface area contributed by atoms with Crippen molar-refractivity contribution in [1.29, 1.82) is 0 Å². The zero-order valence-corrected chi connectivity index (χ0v) is 23.8. The van der Waals surface area contributed by atoms with Crippen LogP contribution in [0.2, 0.25) is 0 Å². The Labute approximate surface area is 228 Å². The maximum atomic E-state index is 12.4. The van der Waals surface area contributed by atoms with Gasteiger partial charge in [0.2, 0.25) is 0 Å². The highest BCUT2D eigenvalue weighted by molar-refractivity contribution is 5.66. The van der Waals surface area contributed by atoms with Crippen molar-refractivity contribution in [1.82, 2.24) is 0 Å². The minimum absolute atomic E-state index is 0.0904. The summed E-state index contributed by atoms with van der Waals surface area (Å²) in [5.74, 6) is 1.72. The zero-order chi connectivity index (χ0) is 27.3. The number of benzene rings is 1. The van der Waals surface area contributed by atoms with E-state index >= 15 is 0 Å². The van der Waals surface area contributed by atoms with E-state index in [1.54, 1.807) is 6.92 Å². The van der Waals surface area contributed by atoms with Gasteiger partial charge in [0.05, 0.1) is 5.60 Å². The Morgan fingerprint density at radius 1 is 1.03 bits per heavy atom. The molecule has 4 aliphatic rings. The first-order chi connectivity index (χ1) is 17.9. The lowest BCUT2D eigenvalue weighted by atomic mass is 9.42. The Balaban J connectivity index is 1.40. The van der Waals surface area contributed by atoms with Gasteiger partial charge in [-0.2, -0.15) is 0 Å². The minimum atomic E-state index is -0.708. The van der Waals surface area contributed by atoms with Crippen molar-refractivity contribution in [3.8, 4) is 0 Å². The van der Waals surface area contributed by atoms with Crippen molar-refractivity contribution in [2.24, 2.45) is 46.3 Å². The lowest BCUT2D eigenvalue weighted by Gasteiger charge is -2.63. The molecule has 2 N–H and O–H groups in total. The molecule has 4 fully saturated rings. The van der Waals surface area contributed by atoms with Gasteiger partial charge >= 0.3 is 11.9 Å². The molecule has 0 aromatic heterocycles. The van der Waals surface area contributed by atoms with Gasteiger partial charge < -0.3 is 14.9 Å². The molecule has 5 rings (SSSR count). The molecule has 0 aliphatic heterocycles. The first-order valence-corrected chi connectivity index (χ1v) is 15.1. The Hall–Kier alpha value is -1.88. The van der Waals surface area contributed by atoms with E-state index in [-0.39, 0.29) is 29.3 Å². The van der Waals surface area contributed by atoms with E-state index in [2.05, 4.69) is 32.9 Å². The second kappa shape index (κ2) is 10.3. The van der Waals surface area contributed by atoms with Crippen LogP contribution < -0.4 is 0 Å². The van der Waals surface area contributed by atoms with Gasteiger partial charge in [-0.05, 0) is 104 Å². The highest BCUT2D eigenvalue weighted by Gasteiger charge is 2.64. The van der Waals surface area contributed by atoms with Crippen LogP contribution in [-0.4, -0.2) is 33.9 Å². The standard InChI is InChI=1S/C33H48O5/c1-21(10-13-29(35)36)25-11-12-26-30-27(14-15-32(25,26)4)31(3)16-17-33(37,19-23-8-6-5-7-9-23)20-24(31)18-28(30)38-22(2)34/h5-9,21,24-28,30,37H,10-20H2,1-4H3,(H,35,36)/t21-,24-,25-,26+,27+,28-,30+,31+,32-,33+/m1/s1. The van der Waals surface area contributed by atoms with Crippen LogP contribution >= 0.6 is 0 Å². The molecule has 0 bridgehead atoms. The molecule has 10 atom stereocenters. The van der Waals surface area contributed by atoms with Crippen LogP contribution in [0.3, 0.4) is 0 Å². The molecule has 210 valence electrons. The summed E-state index contributed by atoms with van der Waals surface area (Å²) in [5.41, 5.74) is 0.800. The minimum Gasteiger partial charge on any atom is -0.481 e. The van der Waals surface area contributed by atoms with Crippen LogP contribution in [0.25, 0.3) is 0 Å². The van der Waals surface area contributed by atoms with Crippen LogP contribution in [0, 0.1) is 46.3 Å². The highest BCUT2D eigenvalue weighted by Crippen LogP contribution is 2.69. The van der Waals surface area contributed by atoms with Crippen LogP contribution in [-0.2, 0) is 20.7 Å².